The smallest absolute Gasteiger partial charge is 0.0259 e. The van der Waals surface area contributed by atoms with Crippen molar-refractivity contribution in [3.63, 3.8) is 0 Å². The van der Waals surface area contributed by atoms with Crippen molar-refractivity contribution in [2.45, 2.75) is 109 Å². The summed E-state index contributed by atoms with van der Waals surface area (Å²) in [6, 6.07) is 0.756. The summed E-state index contributed by atoms with van der Waals surface area (Å²) in [5.41, 5.74) is 3.66. The van der Waals surface area contributed by atoms with Gasteiger partial charge in [0.15, 0.2) is 0 Å². The molecule has 136 valence electrons. The fraction of sp³-hybridized carbons (Fsp3) is 1.00. The van der Waals surface area contributed by atoms with E-state index in [-0.39, 0.29) is 0 Å². The summed E-state index contributed by atoms with van der Waals surface area (Å²) in [4.78, 5) is 0. The Balaban J connectivity index is 1.92. The summed E-state index contributed by atoms with van der Waals surface area (Å²) in [7, 11) is 2.25. The second-order valence-electron chi connectivity index (χ2n) is 7.78. The van der Waals surface area contributed by atoms with Crippen LogP contribution in [-0.4, -0.2) is 36.3 Å². The Bertz CT molecular complexity index is 270. The van der Waals surface area contributed by atoms with E-state index in [9.17, 15) is 0 Å². The SMILES string of the molecule is CN1NCCCCCCCCN1C1CCCCCCCCCC1. The van der Waals surface area contributed by atoms with Crippen molar-refractivity contribution >= 4 is 0 Å². The lowest BCUT2D eigenvalue weighted by atomic mass is 10.0. The minimum absolute atomic E-state index is 0.756. The van der Waals surface area contributed by atoms with Crippen molar-refractivity contribution < 1.29 is 0 Å². The fourth-order valence-corrected chi connectivity index (χ4v) is 4.28. The summed E-state index contributed by atoms with van der Waals surface area (Å²) >= 11 is 0. The Morgan fingerprint density at radius 3 is 1.70 bits per heavy atom. The van der Waals surface area contributed by atoms with E-state index >= 15 is 0 Å². The lowest BCUT2D eigenvalue weighted by molar-refractivity contribution is -0.0856. The van der Waals surface area contributed by atoms with Gasteiger partial charge in [0.2, 0.25) is 0 Å². The van der Waals surface area contributed by atoms with Crippen LogP contribution in [0, 0.1) is 0 Å². The minimum Gasteiger partial charge on any atom is -0.242 e. The van der Waals surface area contributed by atoms with Crippen molar-refractivity contribution in [1.82, 2.24) is 15.6 Å². The van der Waals surface area contributed by atoms with Crippen LogP contribution in [0.25, 0.3) is 0 Å². The van der Waals surface area contributed by atoms with E-state index in [0.29, 0.717) is 0 Å². The van der Waals surface area contributed by atoms with E-state index in [1.165, 1.54) is 109 Å². The molecular weight excluding hydrogens is 282 g/mol. The third kappa shape index (κ3) is 8.00. The van der Waals surface area contributed by atoms with Gasteiger partial charge in [-0.05, 0) is 25.7 Å². The second kappa shape index (κ2) is 12.3. The van der Waals surface area contributed by atoms with Gasteiger partial charge in [-0.25, -0.2) is 10.4 Å². The average Bonchev–Trinajstić information content (AvgIpc) is 2.64. The Hall–Kier alpha value is -0.120. The summed E-state index contributed by atoms with van der Waals surface area (Å²) in [5.74, 6) is 0. The van der Waals surface area contributed by atoms with Gasteiger partial charge >= 0.3 is 0 Å². The van der Waals surface area contributed by atoms with Crippen LogP contribution >= 0.6 is 0 Å². The zero-order valence-corrected chi connectivity index (χ0v) is 15.7. The molecule has 2 fully saturated rings. The van der Waals surface area contributed by atoms with Gasteiger partial charge < -0.3 is 0 Å². The largest absolute Gasteiger partial charge is 0.242 e. The number of hydrazine groups is 2. The molecule has 1 saturated carbocycles. The maximum Gasteiger partial charge on any atom is 0.0259 e. The average molecular weight is 324 g/mol. The molecular formula is C20H41N3. The normalized spacial score (nSPS) is 27.0. The van der Waals surface area contributed by atoms with Crippen molar-refractivity contribution in [2.75, 3.05) is 20.1 Å². The van der Waals surface area contributed by atoms with Crippen LogP contribution in [0.2, 0.25) is 0 Å². The molecule has 0 atom stereocenters. The lowest BCUT2D eigenvalue weighted by Gasteiger charge is -2.39. The zero-order valence-electron chi connectivity index (χ0n) is 15.7. The summed E-state index contributed by atoms with van der Waals surface area (Å²) in [6.45, 7) is 2.38. The molecule has 1 N–H and O–H groups in total. The molecule has 0 aromatic heterocycles. The monoisotopic (exact) mass is 323 g/mol. The molecule has 0 amide bonds. The topological polar surface area (TPSA) is 18.5 Å². The van der Waals surface area contributed by atoms with Gasteiger partial charge in [-0.3, -0.25) is 0 Å². The van der Waals surface area contributed by atoms with E-state index in [1.54, 1.807) is 0 Å². The first kappa shape index (κ1) is 19.2. The van der Waals surface area contributed by atoms with Crippen molar-refractivity contribution in [2.24, 2.45) is 0 Å². The number of hydrogen-bond donors (Lipinski definition) is 1. The van der Waals surface area contributed by atoms with Crippen molar-refractivity contribution in [1.29, 1.82) is 0 Å². The highest BCUT2D eigenvalue weighted by Crippen LogP contribution is 2.22. The van der Waals surface area contributed by atoms with Gasteiger partial charge in [0.05, 0.1) is 0 Å². The predicted molar refractivity (Wildman–Crippen MR) is 100 cm³/mol. The molecule has 3 heteroatoms. The molecule has 0 bridgehead atoms. The van der Waals surface area contributed by atoms with E-state index in [4.69, 9.17) is 0 Å². The highest BCUT2D eigenvalue weighted by molar-refractivity contribution is 4.71. The molecule has 0 spiro atoms. The molecule has 2 rings (SSSR count). The lowest BCUT2D eigenvalue weighted by Crippen LogP contribution is -2.53. The summed E-state index contributed by atoms with van der Waals surface area (Å²) < 4.78 is 0. The summed E-state index contributed by atoms with van der Waals surface area (Å²) in [6.07, 6.45) is 22.7. The number of hydrogen-bond acceptors (Lipinski definition) is 3. The third-order valence-corrected chi connectivity index (χ3v) is 5.79. The second-order valence-corrected chi connectivity index (χ2v) is 7.78. The predicted octanol–water partition coefficient (Wildman–Crippen LogP) is 5.28. The van der Waals surface area contributed by atoms with Crippen LogP contribution in [0.15, 0.2) is 0 Å². The molecule has 2 aliphatic rings. The molecule has 0 unspecified atom stereocenters. The zero-order chi connectivity index (χ0) is 16.2. The Labute approximate surface area is 145 Å². The van der Waals surface area contributed by atoms with Crippen LogP contribution in [0.1, 0.15) is 103 Å². The van der Waals surface area contributed by atoms with Gasteiger partial charge in [0.1, 0.15) is 0 Å². The van der Waals surface area contributed by atoms with Crippen LogP contribution in [0.5, 0.6) is 0 Å². The maximum absolute atomic E-state index is 3.66. The van der Waals surface area contributed by atoms with E-state index in [2.05, 4.69) is 22.6 Å². The quantitative estimate of drug-likeness (QED) is 0.708. The van der Waals surface area contributed by atoms with Crippen LogP contribution in [0.3, 0.4) is 0 Å². The first-order valence-corrected chi connectivity index (χ1v) is 10.6. The van der Waals surface area contributed by atoms with E-state index in [1.807, 2.05) is 0 Å². The molecule has 3 nitrogen and oxygen atoms in total. The third-order valence-electron chi connectivity index (χ3n) is 5.79. The number of nitrogens with one attached hydrogen (secondary N) is 1. The van der Waals surface area contributed by atoms with Gasteiger partial charge in [0, 0.05) is 26.2 Å². The Morgan fingerprint density at radius 1 is 0.609 bits per heavy atom. The standard InChI is InChI=1S/C20H41N3/c1-22-21-18-14-10-6-7-11-15-19-23(22)20-16-12-8-4-2-3-5-9-13-17-20/h20-21H,2-19H2,1H3. The number of nitrogens with zero attached hydrogens (tertiary/aromatic N) is 2. The van der Waals surface area contributed by atoms with Crippen LogP contribution in [0.4, 0.5) is 0 Å². The maximum atomic E-state index is 3.66. The van der Waals surface area contributed by atoms with Crippen molar-refractivity contribution in [3.8, 4) is 0 Å². The Kier molecular flexibility index (Phi) is 10.2. The summed E-state index contributed by atoms with van der Waals surface area (Å²) in [5, 5.41) is 5.04. The van der Waals surface area contributed by atoms with Gasteiger partial charge in [-0.15, -0.1) is 0 Å². The molecule has 0 aromatic carbocycles. The molecule has 1 aliphatic carbocycles. The minimum atomic E-state index is 0.756. The van der Waals surface area contributed by atoms with Gasteiger partial charge in [-0.1, -0.05) is 77.0 Å². The fourth-order valence-electron chi connectivity index (χ4n) is 4.28. The van der Waals surface area contributed by atoms with Gasteiger partial charge in [0.25, 0.3) is 0 Å². The molecule has 0 radical (unpaired) electrons. The first-order valence-electron chi connectivity index (χ1n) is 10.6. The number of rotatable bonds is 1. The molecule has 1 heterocycles. The highest BCUT2D eigenvalue weighted by Gasteiger charge is 2.22. The van der Waals surface area contributed by atoms with Crippen molar-refractivity contribution in [3.05, 3.63) is 0 Å². The molecule has 1 aliphatic heterocycles. The van der Waals surface area contributed by atoms with Crippen LogP contribution < -0.4 is 5.43 Å². The first-order chi connectivity index (χ1) is 11.4. The van der Waals surface area contributed by atoms with Gasteiger partial charge in [-0.2, -0.15) is 5.12 Å². The Morgan fingerprint density at radius 2 is 1.09 bits per heavy atom. The highest BCUT2D eigenvalue weighted by atomic mass is 15.8. The van der Waals surface area contributed by atoms with E-state index in [0.717, 1.165) is 12.6 Å². The van der Waals surface area contributed by atoms with Crippen LogP contribution in [-0.2, 0) is 0 Å². The molecule has 0 aromatic rings. The molecule has 1 saturated heterocycles. The molecule has 23 heavy (non-hydrogen) atoms. The van der Waals surface area contributed by atoms with E-state index < -0.39 is 0 Å².